The van der Waals surface area contributed by atoms with Crippen LogP contribution in [0.15, 0.2) is 65.6 Å². The summed E-state index contributed by atoms with van der Waals surface area (Å²) in [6.45, 7) is 4.38. The third kappa shape index (κ3) is 5.55. The summed E-state index contributed by atoms with van der Waals surface area (Å²) in [5.74, 6) is 0.656. The minimum atomic E-state index is -3.38. The van der Waals surface area contributed by atoms with Crippen LogP contribution in [0.2, 0.25) is 0 Å². The summed E-state index contributed by atoms with van der Waals surface area (Å²) >= 11 is 0. The Morgan fingerprint density at radius 2 is 1.42 bits per heavy atom. The molecule has 0 amide bonds. The molecule has 2 aromatic carbocycles. The average Bonchev–Trinajstić information content (AvgIpc) is 3.29. The Labute approximate surface area is 183 Å². The molecule has 1 aliphatic heterocycles. The Morgan fingerprint density at radius 3 is 2.13 bits per heavy atom. The third-order valence-electron chi connectivity index (χ3n) is 5.53. The highest BCUT2D eigenvalue weighted by Gasteiger charge is 2.27. The van der Waals surface area contributed by atoms with E-state index in [-0.39, 0.29) is 0 Å². The van der Waals surface area contributed by atoms with Crippen LogP contribution in [0.3, 0.4) is 0 Å². The number of benzene rings is 2. The summed E-state index contributed by atoms with van der Waals surface area (Å²) in [6, 6.07) is 18.5. The first-order chi connectivity index (χ1) is 15.1. The summed E-state index contributed by atoms with van der Waals surface area (Å²) in [5.41, 5.74) is 0.974. The zero-order valence-corrected chi connectivity index (χ0v) is 18.4. The quantitative estimate of drug-likeness (QED) is 0.476. The number of nitrogens with zero attached hydrogens (tertiary/aromatic N) is 6. The topological polar surface area (TPSA) is 84.2 Å². The molecule has 0 unspecified atom stereocenters. The van der Waals surface area contributed by atoms with Gasteiger partial charge in [-0.3, -0.25) is 0 Å². The highest BCUT2D eigenvalue weighted by Crippen LogP contribution is 2.17. The van der Waals surface area contributed by atoms with Gasteiger partial charge in [0.25, 0.3) is 0 Å². The van der Waals surface area contributed by atoms with E-state index in [0.29, 0.717) is 23.8 Å². The van der Waals surface area contributed by atoms with E-state index in [1.54, 1.807) is 33.4 Å². The molecular formula is C22H28N6O2S. The Balaban J connectivity index is 1.15. The summed E-state index contributed by atoms with van der Waals surface area (Å²) in [5, 5.41) is 12.7. The maximum Gasteiger partial charge on any atom is 0.243 e. The summed E-state index contributed by atoms with van der Waals surface area (Å²) in [6.07, 6.45) is 3.14. The summed E-state index contributed by atoms with van der Waals surface area (Å²) in [7, 11) is -3.38. The first-order valence-electron chi connectivity index (χ1n) is 10.7. The summed E-state index contributed by atoms with van der Waals surface area (Å²) in [4.78, 5) is 4.38. The normalized spacial score (nSPS) is 15.9. The van der Waals surface area contributed by atoms with Crippen molar-refractivity contribution in [3.8, 4) is 11.4 Å². The molecule has 9 heteroatoms. The SMILES string of the molecule is O=S(=O)(c1ccccc1)N1CCN(CCCCCn2nnc(-c3ccccc3)n2)CC1. The highest BCUT2D eigenvalue weighted by molar-refractivity contribution is 7.89. The van der Waals surface area contributed by atoms with Gasteiger partial charge < -0.3 is 4.90 Å². The fraction of sp³-hybridized carbons (Fsp3) is 0.409. The minimum Gasteiger partial charge on any atom is -0.301 e. The van der Waals surface area contributed by atoms with Crippen molar-refractivity contribution in [2.45, 2.75) is 30.7 Å². The number of unbranched alkanes of at least 4 members (excludes halogenated alkanes) is 2. The third-order valence-corrected chi connectivity index (χ3v) is 7.44. The van der Waals surface area contributed by atoms with Crippen LogP contribution in [-0.2, 0) is 16.6 Å². The molecule has 0 bridgehead atoms. The van der Waals surface area contributed by atoms with E-state index in [1.165, 1.54) is 0 Å². The molecule has 1 saturated heterocycles. The number of piperazine rings is 1. The Morgan fingerprint density at radius 1 is 0.774 bits per heavy atom. The number of rotatable bonds is 9. The van der Waals surface area contributed by atoms with Crippen LogP contribution in [0.1, 0.15) is 19.3 Å². The molecule has 0 N–H and O–H groups in total. The maximum absolute atomic E-state index is 12.7. The lowest BCUT2D eigenvalue weighted by Crippen LogP contribution is -2.48. The second-order valence-corrected chi connectivity index (χ2v) is 9.63. The molecule has 1 aromatic heterocycles. The van der Waals surface area contributed by atoms with Gasteiger partial charge in [-0.25, -0.2) is 8.42 Å². The van der Waals surface area contributed by atoms with Crippen LogP contribution in [0.4, 0.5) is 0 Å². The van der Waals surface area contributed by atoms with Gasteiger partial charge in [0.05, 0.1) is 11.4 Å². The van der Waals surface area contributed by atoms with E-state index < -0.39 is 10.0 Å². The number of tetrazole rings is 1. The largest absolute Gasteiger partial charge is 0.301 e. The van der Waals surface area contributed by atoms with Gasteiger partial charge in [-0.05, 0) is 36.7 Å². The van der Waals surface area contributed by atoms with E-state index in [9.17, 15) is 8.42 Å². The maximum atomic E-state index is 12.7. The lowest BCUT2D eigenvalue weighted by molar-refractivity contribution is 0.185. The molecule has 3 aromatic rings. The lowest BCUT2D eigenvalue weighted by atomic mass is 10.2. The lowest BCUT2D eigenvalue weighted by Gasteiger charge is -2.34. The van der Waals surface area contributed by atoms with Crippen LogP contribution < -0.4 is 0 Å². The standard InChI is InChI=1S/C22H28N6O2S/c29-31(30,21-12-6-2-7-13-21)27-18-16-26(17-19-27)14-8-3-9-15-28-24-22(23-25-28)20-10-4-1-5-11-20/h1-2,4-7,10-13H,3,8-9,14-19H2. The van der Waals surface area contributed by atoms with Crippen molar-refractivity contribution in [2.75, 3.05) is 32.7 Å². The fourth-order valence-electron chi connectivity index (χ4n) is 3.74. The van der Waals surface area contributed by atoms with Crippen LogP contribution in [0.5, 0.6) is 0 Å². The second-order valence-electron chi connectivity index (χ2n) is 7.69. The minimum absolute atomic E-state index is 0.376. The summed E-state index contributed by atoms with van der Waals surface area (Å²) < 4.78 is 27.0. The average molecular weight is 441 g/mol. The van der Waals surface area contributed by atoms with Gasteiger partial charge in [0.15, 0.2) is 0 Å². The fourth-order valence-corrected chi connectivity index (χ4v) is 5.18. The molecule has 0 radical (unpaired) electrons. The molecule has 0 atom stereocenters. The van der Waals surface area contributed by atoms with Gasteiger partial charge in [0, 0.05) is 31.7 Å². The molecule has 164 valence electrons. The van der Waals surface area contributed by atoms with Crippen LogP contribution >= 0.6 is 0 Å². The molecule has 0 aliphatic carbocycles. The smallest absolute Gasteiger partial charge is 0.243 e. The predicted molar refractivity (Wildman–Crippen MR) is 119 cm³/mol. The molecule has 0 saturated carbocycles. The van der Waals surface area contributed by atoms with E-state index in [0.717, 1.165) is 51.0 Å². The van der Waals surface area contributed by atoms with Crippen molar-refractivity contribution >= 4 is 10.0 Å². The highest BCUT2D eigenvalue weighted by atomic mass is 32.2. The van der Waals surface area contributed by atoms with Crippen LogP contribution in [0.25, 0.3) is 11.4 Å². The molecule has 2 heterocycles. The molecular weight excluding hydrogens is 412 g/mol. The van der Waals surface area contributed by atoms with Crippen molar-refractivity contribution in [3.05, 3.63) is 60.7 Å². The van der Waals surface area contributed by atoms with Gasteiger partial charge >= 0.3 is 0 Å². The molecule has 1 fully saturated rings. The van der Waals surface area contributed by atoms with E-state index >= 15 is 0 Å². The van der Waals surface area contributed by atoms with Crippen LogP contribution in [0, 0.1) is 0 Å². The number of hydrogen-bond acceptors (Lipinski definition) is 6. The molecule has 1 aliphatic rings. The zero-order chi connectivity index (χ0) is 21.5. The first-order valence-corrected chi connectivity index (χ1v) is 12.2. The van der Waals surface area contributed by atoms with Gasteiger partial charge in [-0.2, -0.15) is 9.10 Å². The number of aromatic nitrogens is 4. The van der Waals surface area contributed by atoms with Gasteiger partial charge in [0.1, 0.15) is 0 Å². The number of hydrogen-bond donors (Lipinski definition) is 0. The molecule has 4 rings (SSSR count). The molecule has 0 spiro atoms. The first kappa shape index (κ1) is 21.6. The predicted octanol–water partition coefficient (Wildman–Crippen LogP) is 2.52. The molecule has 31 heavy (non-hydrogen) atoms. The van der Waals surface area contributed by atoms with E-state index in [2.05, 4.69) is 20.3 Å². The van der Waals surface area contributed by atoms with Gasteiger partial charge in [-0.1, -0.05) is 55.0 Å². The Kier molecular flexibility index (Phi) is 7.06. The monoisotopic (exact) mass is 440 g/mol. The van der Waals surface area contributed by atoms with Crippen molar-refractivity contribution in [3.63, 3.8) is 0 Å². The Bertz CT molecular complexity index is 1050. The number of aryl methyl sites for hydroxylation is 1. The zero-order valence-electron chi connectivity index (χ0n) is 17.5. The van der Waals surface area contributed by atoms with Crippen molar-refractivity contribution in [1.29, 1.82) is 0 Å². The van der Waals surface area contributed by atoms with Gasteiger partial charge in [0.2, 0.25) is 15.8 Å². The van der Waals surface area contributed by atoms with Gasteiger partial charge in [-0.15, -0.1) is 10.2 Å². The van der Waals surface area contributed by atoms with E-state index in [1.807, 2.05) is 36.4 Å². The van der Waals surface area contributed by atoms with Crippen molar-refractivity contribution < 1.29 is 8.42 Å². The van der Waals surface area contributed by atoms with E-state index in [4.69, 9.17) is 0 Å². The Hall–Kier alpha value is -2.62. The second kappa shape index (κ2) is 10.1. The van der Waals surface area contributed by atoms with Crippen molar-refractivity contribution in [2.24, 2.45) is 0 Å². The number of sulfonamides is 1. The van der Waals surface area contributed by atoms with Crippen molar-refractivity contribution in [1.82, 2.24) is 29.4 Å². The van der Waals surface area contributed by atoms with Crippen LogP contribution in [-0.4, -0.2) is 70.6 Å². The molecule has 8 nitrogen and oxygen atoms in total.